The highest BCUT2D eigenvalue weighted by Crippen LogP contribution is 2.31. The summed E-state index contributed by atoms with van der Waals surface area (Å²) in [7, 11) is 0. The van der Waals surface area contributed by atoms with Gasteiger partial charge in [0.15, 0.2) is 11.5 Å². The highest BCUT2D eigenvalue weighted by atomic mass is 32.2. The van der Waals surface area contributed by atoms with Crippen LogP contribution in [0, 0.1) is 0 Å². The third kappa shape index (κ3) is 8.18. The highest BCUT2D eigenvalue weighted by Gasteiger charge is 2.38. The van der Waals surface area contributed by atoms with Crippen molar-refractivity contribution in [1.82, 2.24) is 19.6 Å². The molecule has 212 valence electrons. The van der Waals surface area contributed by atoms with E-state index in [9.17, 15) is 31.1 Å². The fourth-order valence-electron chi connectivity index (χ4n) is 3.00. The van der Waals surface area contributed by atoms with Gasteiger partial charge in [0.1, 0.15) is 10.1 Å². The van der Waals surface area contributed by atoms with E-state index in [4.69, 9.17) is 9.90 Å². The molecule has 15 heteroatoms. The van der Waals surface area contributed by atoms with Gasteiger partial charge in [-0.05, 0) is 59.1 Å². The van der Waals surface area contributed by atoms with Crippen LogP contribution in [0.3, 0.4) is 0 Å². The maximum atomic E-state index is 12.7. The number of hydrogen-bond donors (Lipinski definition) is 2. The molecule has 0 fully saturated rings. The number of carboxylic acids is 1. The first-order valence-corrected chi connectivity index (χ1v) is 12.0. The normalized spacial score (nSPS) is 12.0. The van der Waals surface area contributed by atoms with E-state index in [1.54, 1.807) is 30.5 Å². The van der Waals surface area contributed by atoms with Gasteiger partial charge in [-0.3, -0.25) is 4.79 Å². The van der Waals surface area contributed by atoms with Crippen molar-refractivity contribution in [3.63, 3.8) is 0 Å². The number of benzene rings is 1. The largest absolute Gasteiger partial charge is 0.490 e. The number of nitrogens with zero attached hydrogens (tertiary/aromatic N) is 4. The fourth-order valence-corrected chi connectivity index (χ4v) is 3.73. The van der Waals surface area contributed by atoms with Crippen LogP contribution in [0.5, 0.6) is 0 Å². The molecule has 0 saturated heterocycles. The van der Waals surface area contributed by atoms with Crippen molar-refractivity contribution >= 4 is 35.1 Å². The van der Waals surface area contributed by atoms with E-state index in [1.807, 2.05) is 12.1 Å². The summed E-state index contributed by atoms with van der Waals surface area (Å²) in [6, 6.07) is 13.1. The second kappa shape index (κ2) is 11.5. The van der Waals surface area contributed by atoms with Gasteiger partial charge in [0.05, 0.1) is 11.8 Å². The van der Waals surface area contributed by atoms with Crippen LogP contribution in [0.4, 0.5) is 32.2 Å². The van der Waals surface area contributed by atoms with E-state index < -0.39 is 23.9 Å². The molecule has 0 saturated carbocycles. The molecule has 1 amide bonds. The maximum Gasteiger partial charge on any atom is 0.490 e. The quantitative estimate of drug-likeness (QED) is 0.264. The first kappa shape index (κ1) is 30.4. The molecule has 0 bridgehead atoms. The van der Waals surface area contributed by atoms with Crippen molar-refractivity contribution in [3.05, 3.63) is 77.6 Å². The molecule has 0 aliphatic heterocycles. The van der Waals surface area contributed by atoms with Crippen LogP contribution in [0.1, 0.15) is 42.3 Å². The molecule has 2 N–H and O–H groups in total. The summed E-state index contributed by atoms with van der Waals surface area (Å²) >= 11 is 1.12. The van der Waals surface area contributed by atoms with Gasteiger partial charge in [0, 0.05) is 11.8 Å². The summed E-state index contributed by atoms with van der Waals surface area (Å²) in [5, 5.41) is 15.2. The zero-order valence-corrected chi connectivity index (χ0v) is 21.8. The van der Waals surface area contributed by atoms with Crippen LogP contribution >= 0.6 is 11.8 Å². The zero-order valence-electron chi connectivity index (χ0n) is 21.0. The van der Waals surface area contributed by atoms with Gasteiger partial charge < -0.3 is 10.4 Å². The maximum absolute atomic E-state index is 12.7. The lowest BCUT2D eigenvalue weighted by molar-refractivity contribution is -0.192. The van der Waals surface area contributed by atoms with E-state index in [1.165, 1.54) is 10.6 Å². The van der Waals surface area contributed by atoms with Gasteiger partial charge in [0.25, 0.3) is 5.91 Å². The Balaban J connectivity index is 0.000000559. The predicted octanol–water partition coefficient (Wildman–Crippen LogP) is 6.48. The molecule has 40 heavy (non-hydrogen) atoms. The van der Waals surface area contributed by atoms with Crippen LogP contribution in [-0.4, -0.2) is 42.7 Å². The third-order valence-corrected chi connectivity index (χ3v) is 5.94. The number of aliphatic carboxylic acids is 1. The van der Waals surface area contributed by atoms with Crippen molar-refractivity contribution in [2.75, 3.05) is 5.32 Å². The molecule has 0 unspecified atom stereocenters. The minimum Gasteiger partial charge on any atom is -0.475 e. The highest BCUT2D eigenvalue weighted by molar-refractivity contribution is 7.99. The van der Waals surface area contributed by atoms with Crippen LogP contribution in [-0.2, 0) is 16.4 Å². The number of anilines is 1. The standard InChI is InChI=1S/C23H20F3N5OS.C2HF3O2/c1-22(2,3)15-6-4-14(5-7-15)21(32)29-17-13-31-18(28-17)9-11-20(30-31)33-19-10-8-16(12-27-19)23(24,25)26;3-2(4,5)1(6)7/h4-13H,1-3H3,(H,29,32);(H,6,7). The Morgan fingerprint density at radius 1 is 0.875 bits per heavy atom. The zero-order chi connectivity index (χ0) is 29.9. The molecule has 0 aliphatic carbocycles. The number of rotatable bonds is 4. The molecular formula is C25H21F6N5O3S. The number of aromatic nitrogens is 4. The first-order valence-electron chi connectivity index (χ1n) is 11.2. The molecule has 0 spiro atoms. The number of amides is 1. The number of halogens is 6. The SMILES string of the molecule is CC(C)(C)c1ccc(C(=O)Nc2cn3nc(Sc4ccc(C(F)(F)F)cn4)ccc3n2)cc1.O=C(O)C(F)(F)F. The van der Waals surface area contributed by atoms with E-state index in [-0.39, 0.29) is 11.3 Å². The van der Waals surface area contributed by atoms with Crippen LogP contribution < -0.4 is 5.32 Å². The molecule has 0 aliphatic rings. The number of pyridine rings is 1. The van der Waals surface area contributed by atoms with Crippen LogP contribution in [0.2, 0.25) is 0 Å². The van der Waals surface area contributed by atoms with Crippen LogP contribution in [0.25, 0.3) is 5.65 Å². The van der Waals surface area contributed by atoms with Crippen molar-refractivity contribution in [2.24, 2.45) is 0 Å². The molecule has 1 aromatic carbocycles. The minimum absolute atomic E-state index is 0.00607. The molecular weight excluding hydrogens is 564 g/mol. The molecule has 8 nitrogen and oxygen atoms in total. The molecule has 4 rings (SSSR count). The number of carboxylic acid groups (broad SMARTS) is 1. The van der Waals surface area contributed by atoms with Gasteiger partial charge >= 0.3 is 18.3 Å². The summed E-state index contributed by atoms with van der Waals surface area (Å²) in [6.07, 6.45) is -7.15. The van der Waals surface area contributed by atoms with E-state index in [2.05, 4.69) is 41.2 Å². The topological polar surface area (TPSA) is 109 Å². The third-order valence-electron chi connectivity index (χ3n) is 5.07. The summed E-state index contributed by atoms with van der Waals surface area (Å²) in [5.74, 6) is -2.71. The van der Waals surface area contributed by atoms with Gasteiger partial charge in [-0.15, -0.1) is 0 Å². The Labute approximate surface area is 227 Å². The molecule has 4 aromatic rings. The van der Waals surface area contributed by atoms with Crippen molar-refractivity contribution < 1.29 is 41.0 Å². The predicted molar refractivity (Wildman–Crippen MR) is 133 cm³/mol. The average molecular weight is 586 g/mol. The molecule has 0 atom stereocenters. The van der Waals surface area contributed by atoms with Crippen LogP contribution in [0.15, 0.2) is 71.0 Å². The number of alkyl halides is 6. The average Bonchev–Trinajstić information content (AvgIpc) is 3.24. The van der Waals surface area contributed by atoms with E-state index >= 15 is 0 Å². The summed E-state index contributed by atoms with van der Waals surface area (Å²) < 4.78 is 71.3. The molecule has 3 heterocycles. The van der Waals surface area contributed by atoms with Crippen molar-refractivity contribution in [1.29, 1.82) is 0 Å². The summed E-state index contributed by atoms with van der Waals surface area (Å²) in [5.41, 5.74) is 1.34. The monoisotopic (exact) mass is 585 g/mol. The smallest absolute Gasteiger partial charge is 0.475 e. The Hall–Kier alpha value is -4.14. The van der Waals surface area contributed by atoms with Gasteiger partial charge in [0.2, 0.25) is 0 Å². The number of hydrogen-bond acceptors (Lipinski definition) is 6. The Kier molecular flexibility index (Phi) is 8.77. The van der Waals surface area contributed by atoms with E-state index in [0.717, 1.165) is 29.6 Å². The fraction of sp³-hybridized carbons (Fsp3) is 0.240. The second-order valence-corrected chi connectivity index (χ2v) is 10.2. The van der Waals surface area contributed by atoms with Gasteiger partial charge in [-0.25, -0.2) is 19.3 Å². The Bertz CT molecular complexity index is 1500. The Morgan fingerprint density at radius 2 is 1.45 bits per heavy atom. The first-order chi connectivity index (χ1) is 18.4. The van der Waals surface area contributed by atoms with Crippen molar-refractivity contribution in [3.8, 4) is 0 Å². The Morgan fingerprint density at radius 3 is 1.95 bits per heavy atom. The number of nitrogens with one attached hydrogen (secondary N) is 1. The minimum atomic E-state index is -5.08. The molecule has 3 aromatic heterocycles. The molecule has 0 radical (unpaired) electrons. The lowest BCUT2D eigenvalue weighted by atomic mass is 9.87. The number of fused-ring (bicyclic) bond motifs is 1. The number of imidazole rings is 1. The van der Waals surface area contributed by atoms with Gasteiger partial charge in [-0.2, -0.15) is 31.4 Å². The summed E-state index contributed by atoms with van der Waals surface area (Å²) in [4.78, 5) is 29.7. The van der Waals surface area contributed by atoms with E-state index in [0.29, 0.717) is 27.1 Å². The number of carbonyl (C=O) groups is 2. The lowest BCUT2D eigenvalue weighted by Gasteiger charge is -2.18. The second-order valence-electron chi connectivity index (χ2n) is 9.17. The lowest BCUT2D eigenvalue weighted by Crippen LogP contribution is -2.21. The van der Waals surface area contributed by atoms with Crippen molar-refractivity contribution in [2.45, 2.75) is 48.6 Å². The van der Waals surface area contributed by atoms with Gasteiger partial charge in [-0.1, -0.05) is 32.9 Å². The summed E-state index contributed by atoms with van der Waals surface area (Å²) in [6.45, 7) is 6.31. The number of carbonyl (C=O) groups excluding carboxylic acids is 1.